The first-order valence-corrected chi connectivity index (χ1v) is 10.3. The molecule has 0 aromatic carbocycles. The first-order chi connectivity index (χ1) is 11.9. The lowest BCUT2D eigenvalue weighted by molar-refractivity contribution is -0.927. The number of nitrogens with zero attached hydrogens (tertiary/aromatic N) is 1. The fraction of sp³-hybridized carbons (Fsp3) is 0.773. The van der Waals surface area contributed by atoms with E-state index in [0.717, 1.165) is 24.0 Å². The Labute approximate surface area is 155 Å². The molecule has 0 amide bonds. The van der Waals surface area contributed by atoms with Crippen LogP contribution < -0.4 is 0 Å². The van der Waals surface area contributed by atoms with E-state index in [-0.39, 0.29) is 11.9 Å². The Hall–Kier alpha value is -1.09. The van der Waals surface area contributed by atoms with Gasteiger partial charge >= 0.3 is 5.97 Å². The average molecular weight is 351 g/mol. The van der Waals surface area contributed by atoms with Gasteiger partial charge in [0.05, 0.1) is 25.6 Å². The first kappa shape index (κ1) is 22.0. The van der Waals surface area contributed by atoms with Crippen LogP contribution in [0.2, 0.25) is 0 Å². The molecule has 3 atom stereocenters. The molecular weight excluding hydrogens is 310 g/mol. The van der Waals surface area contributed by atoms with Gasteiger partial charge in [0.2, 0.25) is 0 Å². The van der Waals surface area contributed by atoms with Gasteiger partial charge in [-0.1, -0.05) is 44.9 Å². The molecule has 0 radical (unpaired) electrons. The summed E-state index contributed by atoms with van der Waals surface area (Å²) in [6, 6.07) is 0. The van der Waals surface area contributed by atoms with Crippen LogP contribution in [0.1, 0.15) is 67.2 Å². The highest BCUT2D eigenvalue weighted by Gasteiger charge is 2.36. The highest BCUT2D eigenvalue weighted by Crippen LogP contribution is 2.38. The molecule has 0 aliphatic heterocycles. The fourth-order valence-corrected chi connectivity index (χ4v) is 4.28. The van der Waals surface area contributed by atoms with Crippen molar-refractivity contribution < 1.29 is 14.0 Å². The zero-order valence-corrected chi connectivity index (χ0v) is 17.4. The Morgan fingerprint density at radius 2 is 1.92 bits per heavy atom. The van der Waals surface area contributed by atoms with Gasteiger partial charge in [-0.05, 0) is 51.5 Å². The second-order valence-corrected chi connectivity index (χ2v) is 7.74. The minimum Gasteiger partial charge on any atom is -0.459 e. The number of unbranched alkanes of at least 4 members (excludes halogenated alkanes) is 1. The summed E-state index contributed by atoms with van der Waals surface area (Å²) in [6.45, 7) is 18.1. The second-order valence-electron chi connectivity index (χ2n) is 7.74. The van der Waals surface area contributed by atoms with Crippen molar-refractivity contribution in [1.29, 1.82) is 0 Å². The van der Waals surface area contributed by atoms with Crippen LogP contribution in [0, 0.1) is 11.8 Å². The third-order valence-electron chi connectivity index (χ3n) is 5.79. The molecular formula is C22H40NO2+. The number of hydrogen-bond donors (Lipinski definition) is 0. The van der Waals surface area contributed by atoms with E-state index in [1.54, 1.807) is 0 Å². The van der Waals surface area contributed by atoms with E-state index < -0.39 is 0 Å². The van der Waals surface area contributed by atoms with Crippen molar-refractivity contribution in [1.82, 2.24) is 0 Å². The van der Waals surface area contributed by atoms with Gasteiger partial charge in [0.15, 0.2) is 0 Å². The Balaban J connectivity index is 2.67. The predicted molar refractivity (Wildman–Crippen MR) is 106 cm³/mol. The summed E-state index contributed by atoms with van der Waals surface area (Å²) in [4.78, 5) is 12.7. The fourth-order valence-electron chi connectivity index (χ4n) is 4.28. The summed E-state index contributed by atoms with van der Waals surface area (Å²) in [5.41, 5.74) is 2.51. The number of carbonyl (C=O) groups is 1. The van der Waals surface area contributed by atoms with Crippen molar-refractivity contribution in [2.24, 2.45) is 11.8 Å². The van der Waals surface area contributed by atoms with Crippen molar-refractivity contribution in [3.63, 3.8) is 0 Å². The Morgan fingerprint density at radius 3 is 2.48 bits per heavy atom. The van der Waals surface area contributed by atoms with Crippen LogP contribution in [0.4, 0.5) is 0 Å². The first-order valence-electron chi connectivity index (χ1n) is 10.3. The minimum absolute atomic E-state index is 0.0290. The predicted octanol–water partition coefficient (Wildman–Crippen LogP) is 5.13. The van der Waals surface area contributed by atoms with Crippen molar-refractivity contribution in [2.75, 3.05) is 32.8 Å². The molecule has 1 rings (SSSR count). The summed E-state index contributed by atoms with van der Waals surface area (Å²) < 4.78 is 6.86. The Morgan fingerprint density at radius 1 is 1.20 bits per heavy atom. The van der Waals surface area contributed by atoms with E-state index in [1.807, 2.05) is 13.0 Å². The third kappa shape index (κ3) is 5.99. The molecule has 0 N–H and O–H groups in total. The molecule has 25 heavy (non-hydrogen) atoms. The second kappa shape index (κ2) is 10.8. The lowest BCUT2D eigenvalue weighted by Gasteiger charge is -2.37. The third-order valence-corrected chi connectivity index (χ3v) is 5.79. The number of esters is 1. The van der Waals surface area contributed by atoms with Crippen molar-refractivity contribution in [2.45, 2.75) is 67.2 Å². The molecule has 144 valence electrons. The van der Waals surface area contributed by atoms with E-state index in [0.29, 0.717) is 12.5 Å². The summed E-state index contributed by atoms with van der Waals surface area (Å²) in [5, 5.41) is 0. The van der Waals surface area contributed by atoms with Crippen molar-refractivity contribution >= 4 is 5.97 Å². The minimum atomic E-state index is -0.0819. The monoisotopic (exact) mass is 350 g/mol. The molecule has 0 spiro atoms. The molecule has 1 aliphatic carbocycles. The van der Waals surface area contributed by atoms with Gasteiger partial charge < -0.3 is 9.22 Å². The van der Waals surface area contributed by atoms with Crippen molar-refractivity contribution in [3.8, 4) is 0 Å². The normalized spacial score (nSPS) is 23.3. The van der Waals surface area contributed by atoms with Crippen molar-refractivity contribution in [3.05, 3.63) is 23.3 Å². The number of allylic oxidation sites excluding steroid dienone is 3. The number of likely N-dealkylation sites (N-methyl/N-ethyl adjacent to an activating group) is 1. The molecule has 3 nitrogen and oxygen atoms in total. The van der Waals surface area contributed by atoms with E-state index in [1.165, 1.54) is 43.5 Å². The van der Waals surface area contributed by atoms with E-state index in [9.17, 15) is 4.79 Å². The molecule has 0 aromatic heterocycles. The number of carbonyl (C=O) groups excluding carboxylic acids is 1. The van der Waals surface area contributed by atoms with Crippen LogP contribution in [0.25, 0.3) is 0 Å². The number of hydrogen-bond acceptors (Lipinski definition) is 2. The smallest absolute Gasteiger partial charge is 0.313 e. The van der Waals surface area contributed by atoms with Crippen LogP contribution in [-0.4, -0.2) is 43.2 Å². The maximum Gasteiger partial charge on any atom is 0.313 e. The maximum absolute atomic E-state index is 12.7. The molecule has 0 bridgehead atoms. The van der Waals surface area contributed by atoms with Gasteiger partial charge in [-0.25, -0.2) is 0 Å². The topological polar surface area (TPSA) is 26.3 Å². The van der Waals surface area contributed by atoms with Crippen LogP contribution in [-0.2, 0) is 9.53 Å². The standard InChI is InChI=1S/C22H40NO2/c1-7-11-14-23(10-4,13-9-3)15-16-25-22(24)21-19(6)17-18(5)20(21)12-8-2/h8,12,19,21H,7,9-11,13-17H2,1-6H3/q+1/b12-8-. The van der Waals surface area contributed by atoms with Gasteiger partial charge in [0.25, 0.3) is 0 Å². The largest absolute Gasteiger partial charge is 0.459 e. The van der Waals surface area contributed by atoms with E-state index in [2.05, 4.69) is 40.7 Å². The van der Waals surface area contributed by atoms with E-state index >= 15 is 0 Å². The van der Waals surface area contributed by atoms with Gasteiger partial charge in [-0.3, -0.25) is 4.79 Å². The summed E-state index contributed by atoms with van der Waals surface area (Å²) in [5.74, 6) is 0.236. The molecule has 0 saturated carbocycles. The van der Waals surface area contributed by atoms with E-state index in [4.69, 9.17) is 4.74 Å². The average Bonchev–Trinajstić information content (AvgIpc) is 2.86. The SMILES string of the molecule is C/C=C\C1=C(C)CC(C)C1C(=O)OCC[N+](CC)(CCC)CCCC. The molecule has 0 saturated heterocycles. The lowest BCUT2D eigenvalue weighted by Crippen LogP contribution is -2.51. The van der Waals surface area contributed by atoms with Gasteiger partial charge in [-0.15, -0.1) is 0 Å². The highest BCUT2D eigenvalue weighted by atomic mass is 16.5. The van der Waals surface area contributed by atoms with Crippen LogP contribution in [0.15, 0.2) is 23.3 Å². The van der Waals surface area contributed by atoms with Gasteiger partial charge in [-0.2, -0.15) is 0 Å². The zero-order chi connectivity index (χ0) is 18.9. The number of ether oxygens (including phenoxy) is 1. The molecule has 0 aromatic rings. The molecule has 3 unspecified atom stereocenters. The molecule has 1 aliphatic rings. The number of rotatable bonds is 11. The zero-order valence-electron chi connectivity index (χ0n) is 17.4. The molecule has 0 heterocycles. The Kier molecular flexibility index (Phi) is 9.48. The summed E-state index contributed by atoms with van der Waals surface area (Å²) in [7, 11) is 0. The van der Waals surface area contributed by atoms with Crippen LogP contribution in [0.5, 0.6) is 0 Å². The van der Waals surface area contributed by atoms with Gasteiger partial charge in [0, 0.05) is 0 Å². The highest BCUT2D eigenvalue weighted by molar-refractivity contribution is 5.78. The summed E-state index contributed by atoms with van der Waals surface area (Å²) >= 11 is 0. The molecule has 3 heteroatoms. The quantitative estimate of drug-likeness (QED) is 0.382. The van der Waals surface area contributed by atoms with Gasteiger partial charge in [0.1, 0.15) is 13.2 Å². The lowest BCUT2D eigenvalue weighted by atomic mass is 9.92. The maximum atomic E-state index is 12.7. The molecule has 0 fully saturated rings. The summed E-state index contributed by atoms with van der Waals surface area (Å²) in [6.07, 6.45) is 8.77. The van der Waals surface area contributed by atoms with Crippen LogP contribution >= 0.6 is 0 Å². The Bertz CT molecular complexity index is 480. The number of quaternary nitrogens is 1. The van der Waals surface area contributed by atoms with Crippen LogP contribution in [0.3, 0.4) is 0 Å².